The van der Waals surface area contributed by atoms with Crippen LogP contribution >= 0.6 is 0 Å². The van der Waals surface area contributed by atoms with Crippen molar-refractivity contribution in [3.8, 4) is 0 Å². The van der Waals surface area contributed by atoms with Crippen molar-refractivity contribution < 1.29 is 9.39 Å². The smallest absolute Gasteiger partial charge is 0.257 e. The molecule has 4 heteroatoms. The molecule has 1 aliphatic rings. The lowest BCUT2D eigenvalue weighted by Crippen LogP contribution is -2.38. The molecule has 94 valence electrons. The third-order valence-electron chi connectivity index (χ3n) is 3.24. The van der Waals surface area contributed by atoms with Crippen molar-refractivity contribution in [1.82, 2.24) is 0 Å². The summed E-state index contributed by atoms with van der Waals surface area (Å²) in [6.07, 6.45) is 1.85. The van der Waals surface area contributed by atoms with E-state index in [2.05, 4.69) is 23.7 Å². The summed E-state index contributed by atoms with van der Waals surface area (Å²) in [6.45, 7) is 7.28. The quantitative estimate of drug-likeness (QED) is 0.455. The van der Waals surface area contributed by atoms with Gasteiger partial charge in [0, 0.05) is 24.4 Å². The fraction of sp³-hybridized carbons (Fsp3) is 0.357. The summed E-state index contributed by atoms with van der Waals surface area (Å²) < 4.78 is 0.359. The third-order valence-corrected chi connectivity index (χ3v) is 3.24. The van der Waals surface area contributed by atoms with Gasteiger partial charge in [-0.05, 0) is 12.5 Å². The van der Waals surface area contributed by atoms with Crippen molar-refractivity contribution in [3.63, 3.8) is 0 Å². The van der Waals surface area contributed by atoms with Crippen molar-refractivity contribution in [3.05, 3.63) is 34.9 Å². The molecule has 0 saturated heterocycles. The Bertz CT molecular complexity index is 522. The highest BCUT2D eigenvalue weighted by molar-refractivity contribution is 5.98. The van der Waals surface area contributed by atoms with E-state index in [9.17, 15) is 4.79 Å². The first-order valence-electron chi connectivity index (χ1n) is 6.12. The van der Waals surface area contributed by atoms with Gasteiger partial charge in [0.15, 0.2) is 0 Å². The number of rotatable bonds is 4. The van der Waals surface area contributed by atoms with E-state index in [0.717, 1.165) is 37.2 Å². The van der Waals surface area contributed by atoms with Crippen LogP contribution in [0.4, 0.5) is 0 Å². The number of amidine groups is 1. The second-order valence-corrected chi connectivity index (χ2v) is 4.68. The highest BCUT2D eigenvalue weighted by atomic mass is 16.1. The van der Waals surface area contributed by atoms with Gasteiger partial charge in [0.1, 0.15) is 12.8 Å². The van der Waals surface area contributed by atoms with Crippen LogP contribution in [0.5, 0.6) is 0 Å². The van der Waals surface area contributed by atoms with Crippen molar-refractivity contribution in [1.29, 1.82) is 0 Å². The molecule has 1 aromatic carbocycles. The van der Waals surface area contributed by atoms with Crippen molar-refractivity contribution in [2.75, 3.05) is 13.6 Å². The number of fused-ring (bicyclic) bond motifs is 1. The Morgan fingerprint density at radius 3 is 2.89 bits per heavy atom. The molecular formula is C14H18N3O+. The van der Waals surface area contributed by atoms with E-state index in [4.69, 9.17) is 0 Å². The topological polar surface area (TPSA) is 41.8 Å². The number of aldehydes is 1. The highest BCUT2D eigenvalue weighted by Crippen LogP contribution is 2.30. The predicted molar refractivity (Wildman–Crippen MR) is 73.0 cm³/mol. The van der Waals surface area contributed by atoms with Gasteiger partial charge < -0.3 is 0 Å². The first-order chi connectivity index (χ1) is 8.64. The minimum absolute atomic E-state index is 0.359. The number of aliphatic imine (C=N–C) groups is 1. The second-order valence-electron chi connectivity index (χ2n) is 4.68. The van der Waals surface area contributed by atoms with Crippen LogP contribution in [0.1, 0.15) is 34.8 Å². The molecule has 1 aliphatic heterocycles. The molecule has 0 spiro atoms. The number of hydrogen-bond acceptors (Lipinski definition) is 3. The predicted octanol–water partition coefficient (Wildman–Crippen LogP) is 2.23. The van der Waals surface area contributed by atoms with Gasteiger partial charge in [0.25, 0.3) is 5.84 Å². The summed E-state index contributed by atoms with van der Waals surface area (Å²) in [5.41, 5.74) is 2.88. The Labute approximate surface area is 107 Å². The van der Waals surface area contributed by atoms with E-state index in [0.29, 0.717) is 10.2 Å². The standard InChI is InChI=1S/C14H18N3O/c1-4-7-16-14-13-8-11(10-18)5-6-12(13)9-17(14,3)15-2/h5-6,8,10H,2,4,7,9H2,1,3H3/q+1. The molecule has 0 aromatic heterocycles. The van der Waals surface area contributed by atoms with Gasteiger partial charge in [-0.2, -0.15) is 0 Å². The summed E-state index contributed by atoms with van der Waals surface area (Å²) in [5, 5.41) is 4.19. The Morgan fingerprint density at radius 2 is 2.28 bits per heavy atom. The molecule has 0 radical (unpaired) electrons. The molecule has 1 atom stereocenters. The summed E-state index contributed by atoms with van der Waals surface area (Å²) in [4.78, 5) is 15.5. The molecule has 4 nitrogen and oxygen atoms in total. The zero-order valence-corrected chi connectivity index (χ0v) is 10.9. The maximum atomic E-state index is 10.9. The number of benzene rings is 1. The van der Waals surface area contributed by atoms with Crippen molar-refractivity contribution in [2.24, 2.45) is 10.1 Å². The monoisotopic (exact) mass is 244 g/mol. The lowest BCUT2D eigenvalue weighted by molar-refractivity contribution is -0.836. The van der Waals surface area contributed by atoms with Gasteiger partial charge in [0.2, 0.25) is 0 Å². The van der Waals surface area contributed by atoms with E-state index in [1.807, 2.05) is 25.2 Å². The van der Waals surface area contributed by atoms with E-state index in [1.165, 1.54) is 5.56 Å². The Kier molecular flexibility index (Phi) is 3.39. The van der Waals surface area contributed by atoms with Gasteiger partial charge in [-0.3, -0.25) is 4.79 Å². The van der Waals surface area contributed by atoms with Crippen molar-refractivity contribution in [2.45, 2.75) is 19.9 Å². The van der Waals surface area contributed by atoms with Crippen LogP contribution in [0.2, 0.25) is 0 Å². The zero-order valence-electron chi connectivity index (χ0n) is 10.9. The first-order valence-corrected chi connectivity index (χ1v) is 6.12. The number of carbonyl (C=O) groups is 1. The minimum Gasteiger partial charge on any atom is -0.298 e. The van der Waals surface area contributed by atoms with Crippen LogP contribution in [0, 0.1) is 0 Å². The lowest BCUT2D eigenvalue weighted by atomic mass is 10.1. The van der Waals surface area contributed by atoms with Gasteiger partial charge in [-0.1, -0.05) is 24.2 Å². The van der Waals surface area contributed by atoms with E-state index in [-0.39, 0.29) is 0 Å². The number of carbonyl (C=O) groups excluding carboxylic acids is 1. The average Bonchev–Trinajstić information content (AvgIpc) is 2.68. The zero-order chi connectivity index (χ0) is 13.2. The minimum atomic E-state index is 0.359. The van der Waals surface area contributed by atoms with E-state index >= 15 is 0 Å². The Balaban J connectivity index is 2.54. The van der Waals surface area contributed by atoms with Gasteiger partial charge in [-0.15, -0.1) is 4.59 Å². The fourth-order valence-corrected chi connectivity index (χ4v) is 2.25. The summed E-state index contributed by atoms with van der Waals surface area (Å²) in [6, 6.07) is 5.71. The van der Waals surface area contributed by atoms with Crippen LogP contribution in [-0.2, 0) is 6.54 Å². The van der Waals surface area contributed by atoms with Crippen molar-refractivity contribution >= 4 is 18.8 Å². The van der Waals surface area contributed by atoms with Crippen LogP contribution in [-0.4, -0.2) is 37.0 Å². The molecule has 2 rings (SSSR count). The third kappa shape index (κ3) is 1.99. The largest absolute Gasteiger partial charge is 0.298 e. The van der Waals surface area contributed by atoms with Gasteiger partial charge >= 0.3 is 0 Å². The van der Waals surface area contributed by atoms with Crippen LogP contribution in [0.15, 0.2) is 28.3 Å². The average molecular weight is 244 g/mol. The summed E-state index contributed by atoms with van der Waals surface area (Å²) in [7, 11) is 1.99. The lowest BCUT2D eigenvalue weighted by Gasteiger charge is -2.20. The Hall–Kier alpha value is -1.81. The number of quaternary nitrogens is 1. The molecule has 1 unspecified atom stereocenters. The molecule has 0 fully saturated rings. The van der Waals surface area contributed by atoms with Gasteiger partial charge in [-0.25, -0.2) is 4.99 Å². The fourth-order valence-electron chi connectivity index (χ4n) is 2.25. The highest BCUT2D eigenvalue weighted by Gasteiger charge is 2.40. The van der Waals surface area contributed by atoms with Crippen LogP contribution in [0.3, 0.4) is 0 Å². The number of nitrogens with zero attached hydrogens (tertiary/aromatic N) is 3. The molecule has 0 saturated carbocycles. The van der Waals surface area contributed by atoms with Crippen LogP contribution < -0.4 is 0 Å². The van der Waals surface area contributed by atoms with Crippen LogP contribution in [0.25, 0.3) is 0 Å². The molecule has 1 aromatic rings. The summed E-state index contributed by atoms with van der Waals surface area (Å²) in [5.74, 6) is 0.908. The summed E-state index contributed by atoms with van der Waals surface area (Å²) >= 11 is 0. The van der Waals surface area contributed by atoms with E-state index in [1.54, 1.807) is 0 Å². The molecule has 0 N–H and O–H groups in total. The molecule has 0 aliphatic carbocycles. The Morgan fingerprint density at radius 1 is 1.50 bits per heavy atom. The maximum Gasteiger partial charge on any atom is 0.257 e. The first kappa shape index (κ1) is 12.6. The maximum absolute atomic E-state index is 10.9. The second kappa shape index (κ2) is 4.82. The molecule has 1 heterocycles. The molecule has 18 heavy (non-hydrogen) atoms. The molecular weight excluding hydrogens is 226 g/mol. The molecule has 0 amide bonds. The SMILES string of the molecule is C=N[N+]1(C)Cc2ccc(C=O)cc2C1=NCCC. The number of hydrogen-bond donors (Lipinski definition) is 0. The molecule has 0 bridgehead atoms. The van der Waals surface area contributed by atoms with Gasteiger partial charge in [0.05, 0.1) is 12.6 Å². The normalized spacial score (nSPS) is 24.0. The van der Waals surface area contributed by atoms with E-state index < -0.39 is 0 Å².